The Morgan fingerprint density at radius 3 is 2.13 bits per heavy atom. The zero-order valence-corrected chi connectivity index (χ0v) is 16.2. The Morgan fingerprint density at radius 2 is 1.43 bits per heavy atom. The van der Waals surface area contributed by atoms with E-state index in [1.807, 2.05) is 60.7 Å². The molecule has 0 bridgehead atoms. The van der Waals surface area contributed by atoms with Gasteiger partial charge in [-0.3, -0.25) is 9.78 Å². The van der Waals surface area contributed by atoms with Crippen LogP contribution in [0.1, 0.15) is 31.8 Å². The lowest BCUT2D eigenvalue weighted by Gasteiger charge is -2.23. The minimum Gasteiger partial charge on any atom is -0.478 e. The summed E-state index contributed by atoms with van der Waals surface area (Å²) in [6.45, 7) is 0.814. The van der Waals surface area contributed by atoms with Gasteiger partial charge in [-0.15, -0.1) is 0 Å². The van der Waals surface area contributed by atoms with E-state index in [1.54, 1.807) is 35.4 Å². The molecule has 1 heterocycles. The number of benzene rings is 3. The number of carboxylic acid groups (broad SMARTS) is 1. The van der Waals surface area contributed by atoms with Crippen molar-refractivity contribution in [2.75, 3.05) is 0 Å². The molecule has 1 amide bonds. The Kier molecular flexibility index (Phi) is 5.52. The lowest BCUT2D eigenvalue weighted by Crippen LogP contribution is -2.30. The number of carboxylic acids is 1. The summed E-state index contributed by atoms with van der Waals surface area (Å²) in [5.41, 5.74) is 3.45. The van der Waals surface area contributed by atoms with Crippen LogP contribution in [0.3, 0.4) is 0 Å². The number of aromatic carboxylic acids is 1. The standard InChI is InChI=1S/C25H20N2O3/c28-24(22-13-12-20-7-4-14-26-23(20)15-22)27(16-18-5-2-1-3-6-18)17-19-8-10-21(11-9-19)25(29)30/h1-15H,16-17H2,(H,29,30). The number of pyridine rings is 1. The van der Waals surface area contributed by atoms with Crippen LogP contribution in [-0.4, -0.2) is 26.9 Å². The van der Waals surface area contributed by atoms with Gasteiger partial charge in [-0.2, -0.15) is 0 Å². The number of aromatic nitrogens is 1. The lowest BCUT2D eigenvalue weighted by atomic mass is 10.1. The molecule has 0 spiro atoms. The molecule has 4 aromatic rings. The number of carbonyl (C=O) groups is 2. The quantitative estimate of drug-likeness (QED) is 0.509. The van der Waals surface area contributed by atoms with Crippen molar-refractivity contribution in [1.82, 2.24) is 9.88 Å². The zero-order valence-electron chi connectivity index (χ0n) is 16.2. The van der Waals surface area contributed by atoms with E-state index < -0.39 is 5.97 Å². The molecule has 0 saturated carbocycles. The molecule has 0 atom stereocenters. The third-order valence-electron chi connectivity index (χ3n) is 4.93. The predicted octanol–water partition coefficient (Wildman–Crippen LogP) is 4.78. The fraction of sp³-hybridized carbons (Fsp3) is 0.0800. The summed E-state index contributed by atoms with van der Waals surface area (Å²) in [5.74, 6) is -1.07. The van der Waals surface area contributed by atoms with Crippen LogP contribution in [0.15, 0.2) is 91.1 Å². The smallest absolute Gasteiger partial charge is 0.335 e. The van der Waals surface area contributed by atoms with E-state index in [0.29, 0.717) is 18.7 Å². The highest BCUT2D eigenvalue weighted by molar-refractivity contribution is 5.97. The van der Waals surface area contributed by atoms with Crippen molar-refractivity contribution < 1.29 is 14.7 Å². The van der Waals surface area contributed by atoms with Gasteiger partial charge in [0.1, 0.15) is 0 Å². The number of amides is 1. The maximum Gasteiger partial charge on any atom is 0.335 e. The molecule has 0 aliphatic rings. The fourth-order valence-corrected chi connectivity index (χ4v) is 3.36. The molecule has 1 aromatic heterocycles. The first-order valence-corrected chi connectivity index (χ1v) is 9.60. The minimum atomic E-state index is -0.970. The second kappa shape index (κ2) is 8.57. The average Bonchev–Trinajstić information content (AvgIpc) is 2.79. The summed E-state index contributed by atoms with van der Waals surface area (Å²) < 4.78 is 0. The Bertz CT molecular complexity index is 1190. The largest absolute Gasteiger partial charge is 0.478 e. The van der Waals surface area contributed by atoms with Crippen LogP contribution in [0.5, 0.6) is 0 Å². The van der Waals surface area contributed by atoms with Gasteiger partial charge < -0.3 is 10.0 Å². The van der Waals surface area contributed by atoms with Crippen molar-refractivity contribution in [1.29, 1.82) is 0 Å². The molecule has 4 rings (SSSR count). The Morgan fingerprint density at radius 1 is 0.767 bits per heavy atom. The van der Waals surface area contributed by atoms with Crippen LogP contribution in [0.4, 0.5) is 0 Å². The molecule has 0 aliphatic heterocycles. The Hall–Kier alpha value is -3.99. The van der Waals surface area contributed by atoms with Crippen molar-refractivity contribution in [3.05, 3.63) is 113 Å². The van der Waals surface area contributed by atoms with E-state index in [1.165, 1.54) is 0 Å². The first-order valence-electron chi connectivity index (χ1n) is 9.60. The van der Waals surface area contributed by atoms with Crippen LogP contribution in [0, 0.1) is 0 Å². The van der Waals surface area contributed by atoms with Crippen molar-refractivity contribution in [3.63, 3.8) is 0 Å². The van der Waals surface area contributed by atoms with Crippen molar-refractivity contribution in [2.24, 2.45) is 0 Å². The Labute approximate surface area is 174 Å². The van der Waals surface area contributed by atoms with Gasteiger partial charge in [0, 0.05) is 30.2 Å². The van der Waals surface area contributed by atoms with Gasteiger partial charge in [-0.1, -0.05) is 54.6 Å². The zero-order chi connectivity index (χ0) is 20.9. The van der Waals surface area contributed by atoms with Gasteiger partial charge in [0.05, 0.1) is 11.1 Å². The first kappa shape index (κ1) is 19.3. The summed E-state index contributed by atoms with van der Waals surface area (Å²) in [6.07, 6.45) is 1.71. The van der Waals surface area contributed by atoms with Crippen LogP contribution >= 0.6 is 0 Å². The topological polar surface area (TPSA) is 70.5 Å². The molecule has 0 fully saturated rings. The minimum absolute atomic E-state index is 0.103. The van der Waals surface area contributed by atoms with Gasteiger partial charge in [-0.25, -0.2) is 4.79 Å². The first-order chi connectivity index (χ1) is 14.6. The molecule has 5 heteroatoms. The summed E-state index contributed by atoms with van der Waals surface area (Å²) in [7, 11) is 0. The molecule has 5 nitrogen and oxygen atoms in total. The lowest BCUT2D eigenvalue weighted by molar-refractivity contribution is 0.0693. The van der Waals surface area contributed by atoms with Crippen molar-refractivity contribution in [2.45, 2.75) is 13.1 Å². The van der Waals surface area contributed by atoms with Gasteiger partial charge in [-0.05, 0) is 41.5 Å². The number of hydrogen-bond donors (Lipinski definition) is 1. The maximum absolute atomic E-state index is 13.4. The predicted molar refractivity (Wildman–Crippen MR) is 115 cm³/mol. The molecule has 0 radical (unpaired) electrons. The molecular weight excluding hydrogens is 376 g/mol. The number of rotatable bonds is 6. The van der Waals surface area contributed by atoms with E-state index in [9.17, 15) is 9.59 Å². The highest BCUT2D eigenvalue weighted by Crippen LogP contribution is 2.18. The van der Waals surface area contributed by atoms with Crippen molar-refractivity contribution >= 4 is 22.8 Å². The normalized spacial score (nSPS) is 10.7. The fourth-order valence-electron chi connectivity index (χ4n) is 3.36. The second-order valence-corrected chi connectivity index (χ2v) is 7.06. The molecular formula is C25H20N2O3. The Balaban J connectivity index is 1.64. The number of nitrogens with zero attached hydrogens (tertiary/aromatic N) is 2. The molecule has 3 aromatic carbocycles. The highest BCUT2D eigenvalue weighted by atomic mass is 16.4. The molecule has 30 heavy (non-hydrogen) atoms. The van der Waals surface area contributed by atoms with E-state index >= 15 is 0 Å². The monoisotopic (exact) mass is 396 g/mol. The van der Waals surface area contributed by atoms with Crippen LogP contribution < -0.4 is 0 Å². The number of hydrogen-bond acceptors (Lipinski definition) is 3. The van der Waals surface area contributed by atoms with E-state index in [4.69, 9.17) is 5.11 Å². The second-order valence-electron chi connectivity index (χ2n) is 7.06. The van der Waals surface area contributed by atoms with Crippen LogP contribution in [-0.2, 0) is 13.1 Å². The van der Waals surface area contributed by atoms with Crippen molar-refractivity contribution in [3.8, 4) is 0 Å². The van der Waals surface area contributed by atoms with Gasteiger partial charge in [0.2, 0.25) is 0 Å². The summed E-state index contributed by atoms with van der Waals surface area (Å²) in [5, 5.41) is 10.1. The van der Waals surface area contributed by atoms with Gasteiger partial charge in [0.15, 0.2) is 0 Å². The summed E-state index contributed by atoms with van der Waals surface area (Å²) in [4.78, 5) is 30.6. The summed E-state index contributed by atoms with van der Waals surface area (Å²) in [6, 6.07) is 25.8. The van der Waals surface area contributed by atoms with Gasteiger partial charge in [0.25, 0.3) is 5.91 Å². The van der Waals surface area contributed by atoms with E-state index in [-0.39, 0.29) is 11.5 Å². The summed E-state index contributed by atoms with van der Waals surface area (Å²) >= 11 is 0. The van der Waals surface area contributed by atoms with Crippen LogP contribution in [0.25, 0.3) is 10.9 Å². The SMILES string of the molecule is O=C(O)c1ccc(CN(Cc2ccccc2)C(=O)c2ccc3cccnc3c2)cc1. The van der Waals surface area contributed by atoms with Crippen LogP contribution in [0.2, 0.25) is 0 Å². The third kappa shape index (κ3) is 4.36. The highest BCUT2D eigenvalue weighted by Gasteiger charge is 2.18. The molecule has 0 saturated heterocycles. The third-order valence-corrected chi connectivity index (χ3v) is 4.93. The van der Waals surface area contributed by atoms with Gasteiger partial charge >= 0.3 is 5.97 Å². The van der Waals surface area contributed by atoms with E-state index in [2.05, 4.69) is 4.98 Å². The average molecular weight is 396 g/mol. The maximum atomic E-state index is 13.4. The number of carbonyl (C=O) groups excluding carboxylic acids is 1. The van der Waals surface area contributed by atoms with E-state index in [0.717, 1.165) is 22.0 Å². The molecule has 1 N–H and O–H groups in total. The number of fused-ring (bicyclic) bond motifs is 1. The molecule has 148 valence electrons. The molecule has 0 aliphatic carbocycles. The molecule has 0 unspecified atom stereocenters.